The van der Waals surface area contributed by atoms with Crippen molar-refractivity contribution in [3.8, 4) is 0 Å². The van der Waals surface area contributed by atoms with Gasteiger partial charge in [-0.3, -0.25) is 10.1 Å². The van der Waals surface area contributed by atoms with Gasteiger partial charge in [-0.2, -0.15) is 0 Å². The highest BCUT2D eigenvalue weighted by atomic mass is 16.6. The molecule has 2 rings (SSSR count). The van der Waals surface area contributed by atoms with Crippen LogP contribution in [0.4, 0.5) is 11.4 Å². The SMILES string of the molecule is CN(CC1CCCCC1)c1cc(C(=O)O)ccc1[N+](=O)[O-]. The fourth-order valence-corrected chi connectivity index (χ4v) is 2.97. The monoisotopic (exact) mass is 292 g/mol. The van der Waals surface area contributed by atoms with Crippen molar-refractivity contribution in [3.63, 3.8) is 0 Å². The molecule has 0 saturated heterocycles. The summed E-state index contributed by atoms with van der Waals surface area (Å²) >= 11 is 0. The second kappa shape index (κ2) is 6.56. The van der Waals surface area contributed by atoms with Crippen molar-refractivity contribution in [2.45, 2.75) is 32.1 Å². The van der Waals surface area contributed by atoms with Crippen LogP contribution in [0.2, 0.25) is 0 Å². The minimum atomic E-state index is -1.07. The second-order valence-electron chi connectivity index (χ2n) is 5.65. The number of hydrogen-bond donors (Lipinski definition) is 1. The fraction of sp³-hybridized carbons (Fsp3) is 0.533. The zero-order chi connectivity index (χ0) is 15.4. The molecule has 1 aliphatic carbocycles. The number of carboxylic acid groups (broad SMARTS) is 1. The lowest BCUT2D eigenvalue weighted by Gasteiger charge is -2.28. The molecule has 1 aliphatic rings. The molecule has 1 aromatic rings. The highest BCUT2D eigenvalue weighted by Crippen LogP contribution is 2.31. The summed E-state index contributed by atoms with van der Waals surface area (Å²) in [6, 6.07) is 3.94. The number of rotatable bonds is 5. The Morgan fingerprint density at radius 2 is 2.05 bits per heavy atom. The predicted molar refractivity (Wildman–Crippen MR) is 79.9 cm³/mol. The van der Waals surface area contributed by atoms with Crippen molar-refractivity contribution in [2.75, 3.05) is 18.5 Å². The minimum absolute atomic E-state index is 0.0432. The van der Waals surface area contributed by atoms with Crippen LogP contribution in [0.5, 0.6) is 0 Å². The molecule has 1 N–H and O–H groups in total. The number of nitro groups is 1. The Morgan fingerprint density at radius 1 is 1.38 bits per heavy atom. The van der Waals surface area contributed by atoms with Crippen molar-refractivity contribution in [2.24, 2.45) is 5.92 Å². The first-order valence-corrected chi connectivity index (χ1v) is 7.22. The molecule has 1 aromatic carbocycles. The first-order chi connectivity index (χ1) is 9.99. The summed E-state index contributed by atoms with van der Waals surface area (Å²) in [6.07, 6.45) is 5.94. The Labute approximate surface area is 123 Å². The average Bonchev–Trinajstić information content (AvgIpc) is 2.47. The van der Waals surface area contributed by atoms with Crippen LogP contribution in [0, 0.1) is 16.0 Å². The molecule has 0 aromatic heterocycles. The summed E-state index contributed by atoms with van der Waals surface area (Å²) in [5, 5.41) is 20.2. The minimum Gasteiger partial charge on any atom is -0.478 e. The van der Waals surface area contributed by atoms with Crippen LogP contribution in [0.3, 0.4) is 0 Å². The van der Waals surface area contributed by atoms with E-state index in [0.717, 1.165) is 19.4 Å². The van der Waals surface area contributed by atoms with Gasteiger partial charge in [0.25, 0.3) is 5.69 Å². The smallest absolute Gasteiger partial charge is 0.335 e. The molecule has 0 atom stereocenters. The quantitative estimate of drug-likeness (QED) is 0.665. The Hall–Kier alpha value is -2.11. The fourth-order valence-electron chi connectivity index (χ4n) is 2.97. The highest BCUT2D eigenvalue weighted by Gasteiger charge is 2.22. The van der Waals surface area contributed by atoms with Crippen molar-refractivity contribution in [1.82, 2.24) is 0 Å². The van der Waals surface area contributed by atoms with Gasteiger partial charge in [-0.25, -0.2) is 4.79 Å². The molecule has 0 unspecified atom stereocenters. The number of hydrogen-bond acceptors (Lipinski definition) is 4. The van der Waals surface area contributed by atoms with Gasteiger partial charge in [0, 0.05) is 19.7 Å². The normalized spacial score (nSPS) is 15.7. The second-order valence-corrected chi connectivity index (χ2v) is 5.65. The number of carbonyl (C=O) groups is 1. The van der Waals surface area contributed by atoms with Crippen molar-refractivity contribution < 1.29 is 14.8 Å². The van der Waals surface area contributed by atoms with E-state index in [9.17, 15) is 14.9 Å². The van der Waals surface area contributed by atoms with Gasteiger partial charge in [0.2, 0.25) is 0 Å². The molecule has 0 heterocycles. The number of aromatic carboxylic acids is 1. The average molecular weight is 292 g/mol. The van der Waals surface area contributed by atoms with Crippen LogP contribution < -0.4 is 4.90 Å². The van der Waals surface area contributed by atoms with E-state index in [1.54, 1.807) is 7.05 Å². The molecular weight excluding hydrogens is 272 g/mol. The summed E-state index contributed by atoms with van der Waals surface area (Å²) < 4.78 is 0. The Balaban J connectivity index is 2.23. The third-order valence-electron chi connectivity index (χ3n) is 4.09. The third kappa shape index (κ3) is 3.71. The van der Waals surface area contributed by atoms with E-state index >= 15 is 0 Å². The molecular formula is C15H20N2O4. The molecule has 1 saturated carbocycles. The number of nitrogens with zero attached hydrogens (tertiary/aromatic N) is 2. The van der Waals surface area contributed by atoms with Crippen LogP contribution in [-0.4, -0.2) is 29.6 Å². The maximum absolute atomic E-state index is 11.1. The number of anilines is 1. The zero-order valence-electron chi connectivity index (χ0n) is 12.1. The summed E-state index contributed by atoms with van der Waals surface area (Å²) in [7, 11) is 1.79. The van der Waals surface area contributed by atoms with Gasteiger partial charge >= 0.3 is 5.97 Å². The molecule has 21 heavy (non-hydrogen) atoms. The Morgan fingerprint density at radius 3 is 2.62 bits per heavy atom. The molecule has 0 bridgehead atoms. The van der Waals surface area contributed by atoms with Crippen LogP contribution >= 0.6 is 0 Å². The molecule has 1 fully saturated rings. The van der Waals surface area contributed by atoms with E-state index in [4.69, 9.17) is 5.11 Å². The van der Waals surface area contributed by atoms with E-state index in [1.165, 1.54) is 37.5 Å². The first kappa shape index (κ1) is 15.3. The number of carboxylic acids is 1. The lowest BCUT2D eigenvalue weighted by molar-refractivity contribution is -0.384. The number of nitro benzene ring substituents is 1. The molecule has 114 valence electrons. The first-order valence-electron chi connectivity index (χ1n) is 7.22. The zero-order valence-corrected chi connectivity index (χ0v) is 12.1. The maximum Gasteiger partial charge on any atom is 0.335 e. The topological polar surface area (TPSA) is 83.7 Å². The molecule has 0 aliphatic heterocycles. The van der Waals surface area contributed by atoms with Gasteiger partial charge < -0.3 is 10.0 Å². The predicted octanol–water partition coefficient (Wildman–Crippen LogP) is 3.31. The summed E-state index contributed by atoms with van der Waals surface area (Å²) in [6.45, 7) is 0.726. The largest absolute Gasteiger partial charge is 0.478 e. The lowest BCUT2D eigenvalue weighted by Crippen LogP contribution is -2.27. The highest BCUT2D eigenvalue weighted by molar-refractivity contribution is 5.90. The molecule has 0 amide bonds. The van der Waals surface area contributed by atoms with Crippen LogP contribution in [0.1, 0.15) is 42.5 Å². The van der Waals surface area contributed by atoms with Crippen molar-refractivity contribution >= 4 is 17.3 Å². The maximum atomic E-state index is 11.1. The van der Waals surface area contributed by atoms with Crippen molar-refractivity contribution in [3.05, 3.63) is 33.9 Å². The van der Waals surface area contributed by atoms with Crippen LogP contribution in [-0.2, 0) is 0 Å². The van der Waals surface area contributed by atoms with Gasteiger partial charge in [-0.05, 0) is 30.9 Å². The van der Waals surface area contributed by atoms with E-state index < -0.39 is 10.9 Å². The van der Waals surface area contributed by atoms with Crippen LogP contribution in [0.25, 0.3) is 0 Å². The third-order valence-corrected chi connectivity index (χ3v) is 4.09. The van der Waals surface area contributed by atoms with Crippen LogP contribution in [0.15, 0.2) is 18.2 Å². The van der Waals surface area contributed by atoms with E-state index in [2.05, 4.69) is 0 Å². The Bertz CT molecular complexity index is 538. The summed E-state index contributed by atoms with van der Waals surface area (Å²) in [5.41, 5.74) is 0.412. The lowest BCUT2D eigenvalue weighted by atomic mass is 9.89. The molecule has 0 spiro atoms. The van der Waals surface area contributed by atoms with Gasteiger partial charge in [0.05, 0.1) is 10.5 Å². The summed E-state index contributed by atoms with van der Waals surface area (Å²) in [4.78, 5) is 23.5. The van der Waals surface area contributed by atoms with Crippen molar-refractivity contribution in [1.29, 1.82) is 0 Å². The van der Waals surface area contributed by atoms with Gasteiger partial charge in [-0.1, -0.05) is 19.3 Å². The number of benzene rings is 1. The van der Waals surface area contributed by atoms with E-state index in [0.29, 0.717) is 11.6 Å². The van der Waals surface area contributed by atoms with Gasteiger partial charge in [-0.15, -0.1) is 0 Å². The summed E-state index contributed by atoms with van der Waals surface area (Å²) in [5.74, 6) is -0.547. The molecule has 6 heteroatoms. The molecule has 0 radical (unpaired) electrons. The Kier molecular flexibility index (Phi) is 4.77. The molecule has 6 nitrogen and oxygen atoms in total. The van der Waals surface area contributed by atoms with E-state index in [-0.39, 0.29) is 11.3 Å². The van der Waals surface area contributed by atoms with Gasteiger partial charge in [0.1, 0.15) is 5.69 Å². The van der Waals surface area contributed by atoms with E-state index in [1.807, 2.05) is 4.90 Å². The standard InChI is InChI=1S/C15H20N2O4/c1-16(10-11-5-3-2-4-6-11)14-9-12(15(18)19)7-8-13(14)17(20)21/h7-9,11H,2-6,10H2,1H3,(H,18,19). The van der Waals surface area contributed by atoms with Gasteiger partial charge in [0.15, 0.2) is 0 Å².